The third kappa shape index (κ3) is 3.31. The van der Waals surface area contributed by atoms with Crippen LogP contribution < -0.4 is 10.5 Å². The van der Waals surface area contributed by atoms with Gasteiger partial charge in [0.1, 0.15) is 6.61 Å². The molecule has 0 aliphatic heterocycles. The molecule has 96 valence electrons. The van der Waals surface area contributed by atoms with E-state index in [-0.39, 0.29) is 17.6 Å². The molecule has 0 bridgehead atoms. The van der Waals surface area contributed by atoms with E-state index >= 15 is 0 Å². The summed E-state index contributed by atoms with van der Waals surface area (Å²) in [5.74, 6) is -0.121. The molecule has 2 N–H and O–H groups in total. The van der Waals surface area contributed by atoms with Crippen LogP contribution in [0.5, 0.6) is 5.75 Å². The lowest BCUT2D eigenvalue weighted by molar-refractivity contribution is 0.293. The van der Waals surface area contributed by atoms with Crippen molar-refractivity contribution in [2.24, 2.45) is 5.73 Å². The number of hydrogen-bond acceptors (Lipinski definition) is 3. The van der Waals surface area contributed by atoms with Gasteiger partial charge in [-0.3, -0.25) is 0 Å². The summed E-state index contributed by atoms with van der Waals surface area (Å²) < 4.78 is 20.2. The first kappa shape index (κ1) is 13.5. The largest absolute Gasteiger partial charge is 0.485 e. The quantitative estimate of drug-likeness (QED) is 0.910. The SMILES string of the molecule is C[C@@H](N)c1ccc(OCc2cc(Br)cs2)c(F)c1. The first-order valence-electron chi connectivity index (χ1n) is 5.47. The average Bonchev–Trinajstić information content (AvgIpc) is 2.73. The van der Waals surface area contributed by atoms with Gasteiger partial charge >= 0.3 is 0 Å². The van der Waals surface area contributed by atoms with Crippen molar-refractivity contribution in [1.82, 2.24) is 0 Å². The number of benzene rings is 1. The van der Waals surface area contributed by atoms with Crippen molar-refractivity contribution in [3.05, 3.63) is 50.4 Å². The minimum Gasteiger partial charge on any atom is -0.485 e. The summed E-state index contributed by atoms with van der Waals surface area (Å²) in [4.78, 5) is 1.04. The Hall–Kier alpha value is -0.910. The van der Waals surface area contributed by atoms with Crippen LogP contribution in [-0.2, 0) is 6.61 Å². The molecule has 1 aromatic carbocycles. The maximum atomic E-state index is 13.7. The van der Waals surface area contributed by atoms with Gasteiger partial charge in [0.2, 0.25) is 0 Å². The van der Waals surface area contributed by atoms with Gasteiger partial charge in [-0.2, -0.15) is 0 Å². The molecule has 0 aliphatic rings. The van der Waals surface area contributed by atoms with Crippen molar-refractivity contribution in [1.29, 1.82) is 0 Å². The number of thiophene rings is 1. The average molecular weight is 330 g/mol. The third-order valence-corrected chi connectivity index (χ3v) is 4.14. The van der Waals surface area contributed by atoms with E-state index in [0.717, 1.165) is 14.9 Å². The van der Waals surface area contributed by atoms with E-state index in [4.69, 9.17) is 10.5 Å². The monoisotopic (exact) mass is 329 g/mol. The van der Waals surface area contributed by atoms with Crippen LogP contribution in [-0.4, -0.2) is 0 Å². The molecule has 2 nitrogen and oxygen atoms in total. The second-order valence-electron chi connectivity index (χ2n) is 4.00. The van der Waals surface area contributed by atoms with Gasteiger partial charge in [-0.05, 0) is 46.6 Å². The molecule has 0 aliphatic carbocycles. The normalized spacial score (nSPS) is 12.4. The lowest BCUT2D eigenvalue weighted by Gasteiger charge is -2.09. The second-order valence-corrected chi connectivity index (χ2v) is 5.91. The van der Waals surface area contributed by atoms with E-state index in [9.17, 15) is 4.39 Å². The number of halogens is 2. The Bertz CT molecular complexity index is 542. The van der Waals surface area contributed by atoms with E-state index in [1.165, 1.54) is 6.07 Å². The number of hydrogen-bond donors (Lipinski definition) is 1. The maximum Gasteiger partial charge on any atom is 0.165 e. The van der Waals surface area contributed by atoms with Gasteiger partial charge in [0.15, 0.2) is 11.6 Å². The van der Waals surface area contributed by atoms with Gasteiger partial charge in [-0.15, -0.1) is 11.3 Å². The van der Waals surface area contributed by atoms with E-state index in [0.29, 0.717) is 6.61 Å². The molecule has 2 aromatic rings. The Balaban J connectivity index is 2.05. The number of ether oxygens (including phenoxy) is 1. The van der Waals surface area contributed by atoms with Gasteiger partial charge in [0.05, 0.1) is 0 Å². The van der Waals surface area contributed by atoms with Crippen molar-refractivity contribution < 1.29 is 9.13 Å². The van der Waals surface area contributed by atoms with Gasteiger partial charge in [0, 0.05) is 20.8 Å². The molecule has 5 heteroatoms. The molecule has 0 saturated heterocycles. The summed E-state index contributed by atoms with van der Waals surface area (Å²) in [6, 6.07) is 6.61. The minimum absolute atomic E-state index is 0.179. The van der Waals surface area contributed by atoms with E-state index in [1.807, 2.05) is 18.4 Å². The van der Waals surface area contributed by atoms with Crippen LogP contribution in [0, 0.1) is 5.82 Å². The van der Waals surface area contributed by atoms with Crippen LogP contribution in [0.4, 0.5) is 4.39 Å². The first-order valence-corrected chi connectivity index (χ1v) is 7.14. The molecule has 0 fully saturated rings. The van der Waals surface area contributed by atoms with Crippen LogP contribution in [0.2, 0.25) is 0 Å². The lowest BCUT2D eigenvalue weighted by Crippen LogP contribution is -2.05. The summed E-state index contributed by atoms with van der Waals surface area (Å²) in [5, 5.41) is 1.97. The Kier molecular flexibility index (Phi) is 4.37. The van der Waals surface area contributed by atoms with Crippen LogP contribution >= 0.6 is 27.3 Å². The molecule has 1 heterocycles. The molecule has 0 unspecified atom stereocenters. The standard InChI is InChI=1S/C13H13BrFNOS/c1-8(16)9-2-3-13(12(15)4-9)17-6-11-5-10(14)7-18-11/h2-5,7-8H,6,16H2,1H3/t8-/m1/s1. The predicted octanol–water partition coefficient (Wildman–Crippen LogP) is 4.25. The van der Waals surface area contributed by atoms with Crippen LogP contribution in [0.1, 0.15) is 23.4 Å². The van der Waals surface area contributed by atoms with E-state index < -0.39 is 0 Å². The molecule has 1 aromatic heterocycles. The molecule has 0 amide bonds. The number of nitrogens with two attached hydrogens (primary N) is 1. The van der Waals surface area contributed by atoms with Crippen LogP contribution in [0.15, 0.2) is 34.1 Å². The Morgan fingerprint density at radius 1 is 1.44 bits per heavy atom. The van der Waals surface area contributed by atoms with E-state index in [2.05, 4.69) is 15.9 Å². The molecular weight excluding hydrogens is 317 g/mol. The Morgan fingerprint density at radius 3 is 2.78 bits per heavy atom. The topological polar surface area (TPSA) is 35.2 Å². The van der Waals surface area contributed by atoms with Gasteiger partial charge in [-0.1, -0.05) is 6.07 Å². The zero-order valence-electron chi connectivity index (χ0n) is 9.82. The molecule has 2 rings (SSSR count). The Labute approximate surface area is 118 Å². The fraction of sp³-hybridized carbons (Fsp3) is 0.231. The zero-order chi connectivity index (χ0) is 13.1. The molecule has 18 heavy (non-hydrogen) atoms. The number of rotatable bonds is 4. The fourth-order valence-electron chi connectivity index (χ4n) is 1.50. The second kappa shape index (κ2) is 5.82. The van der Waals surface area contributed by atoms with Crippen molar-refractivity contribution in [3.63, 3.8) is 0 Å². The summed E-state index contributed by atoms with van der Waals surface area (Å²) in [5.41, 5.74) is 6.45. The van der Waals surface area contributed by atoms with Crippen LogP contribution in [0.3, 0.4) is 0 Å². The first-order chi connectivity index (χ1) is 8.56. The maximum absolute atomic E-state index is 13.7. The molecule has 0 spiro atoms. The third-order valence-electron chi connectivity index (χ3n) is 2.47. The van der Waals surface area contributed by atoms with E-state index in [1.54, 1.807) is 23.5 Å². The molecule has 0 radical (unpaired) electrons. The molecular formula is C13H13BrFNOS. The lowest BCUT2D eigenvalue weighted by atomic mass is 10.1. The molecule has 0 saturated carbocycles. The van der Waals surface area contributed by atoms with Gasteiger partial charge in [0.25, 0.3) is 0 Å². The highest BCUT2D eigenvalue weighted by atomic mass is 79.9. The van der Waals surface area contributed by atoms with Crippen molar-refractivity contribution in [2.45, 2.75) is 19.6 Å². The summed E-state index contributed by atoms with van der Waals surface area (Å²) >= 11 is 4.93. The summed E-state index contributed by atoms with van der Waals surface area (Å²) in [7, 11) is 0. The van der Waals surface area contributed by atoms with Gasteiger partial charge < -0.3 is 10.5 Å². The minimum atomic E-state index is -0.375. The van der Waals surface area contributed by atoms with Crippen molar-refractivity contribution in [3.8, 4) is 5.75 Å². The Morgan fingerprint density at radius 2 is 2.22 bits per heavy atom. The highest BCUT2D eigenvalue weighted by molar-refractivity contribution is 9.10. The molecule has 1 atom stereocenters. The highest BCUT2D eigenvalue weighted by Gasteiger charge is 2.08. The van der Waals surface area contributed by atoms with Crippen molar-refractivity contribution >= 4 is 27.3 Å². The predicted molar refractivity (Wildman–Crippen MR) is 75.4 cm³/mol. The summed E-state index contributed by atoms with van der Waals surface area (Å²) in [6.45, 7) is 2.18. The highest BCUT2D eigenvalue weighted by Crippen LogP contribution is 2.24. The smallest absolute Gasteiger partial charge is 0.165 e. The van der Waals surface area contributed by atoms with Crippen molar-refractivity contribution in [2.75, 3.05) is 0 Å². The van der Waals surface area contributed by atoms with Crippen LogP contribution in [0.25, 0.3) is 0 Å². The fourth-order valence-corrected chi connectivity index (χ4v) is 2.86. The summed E-state index contributed by atoms with van der Waals surface area (Å²) in [6.07, 6.45) is 0. The zero-order valence-corrected chi connectivity index (χ0v) is 12.2. The van der Waals surface area contributed by atoms with Gasteiger partial charge in [-0.25, -0.2) is 4.39 Å².